The predicted molar refractivity (Wildman–Crippen MR) is 63.5 cm³/mol. The van der Waals surface area contributed by atoms with Gasteiger partial charge in [0.25, 0.3) is 0 Å². The van der Waals surface area contributed by atoms with Crippen LogP contribution < -0.4 is 9.47 Å². The monoisotopic (exact) mass is 267 g/mol. The molecule has 102 valence electrons. The number of nitrogens with zero attached hydrogens (tertiary/aromatic N) is 1. The van der Waals surface area contributed by atoms with Crippen molar-refractivity contribution in [2.24, 2.45) is 0 Å². The van der Waals surface area contributed by atoms with Crippen LogP contribution in [0.5, 0.6) is 11.5 Å². The number of hydrogen-bond donors (Lipinski definition) is 1. The number of ether oxygens (including phenoxy) is 3. The van der Waals surface area contributed by atoms with Crippen LogP contribution in [0.25, 0.3) is 0 Å². The first-order valence-corrected chi connectivity index (χ1v) is 5.49. The van der Waals surface area contributed by atoms with E-state index in [0.29, 0.717) is 22.0 Å². The number of carboxylic acid groups (broad SMARTS) is 1. The van der Waals surface area contributed by atoms with Crippen LogP contribution in [0, 0.1) is 0 Å². The van der Waals surface area contributed by atoms with Gasteiger partial charge < -0.3 is 19.3 Å². The number of imide groups is 1. The van der Waals surface area contributed by atoms with E-state index in [2.05, 4.69) is 0 Å². The normalized spacial score (nSPS) is 18.1. The molecular weight excluding hydrogens is 254 g/mol. The summed E-state index contributed by atoms with van der Waals surface area (Å²) in [7, 11) is 3.01. The van der Waals surface area contributed by atoms with Gasteiger partial charge in [0.2, 0.25) is 0 Å². The second-order valence-corrected chi connectivity index (χ2v) is 3.88. The van der Waals surface area contributed by atoms with Crippen molar-refractivity contribution < 1.29 is 28.9 Å². The number of carbonyl (C=O) groups is 2. The van der Waals surface area contributed by atoms with Crippen molar-refractivity contribution in [2.75, 3.05) is 20.8 Å². The maximum Gasteiger partial charge on any atom is 0.420 e. The van der Waals surface area contributed by atoms with E-state index in [1.54, 1.807) is 18.2 Å². The number of methoxy groups -OCH3 is 2. The third-order valence-corrected chi connectivity index (χ3v) is 2.82. The molecular formula is C12H13NO6. The summed E-state index contributed by atoms with van der Waals surface area (Å²) in [5, 5.41) is 8.81. The van der Waals surface area contributed by atoms with E-state index in [0.717, 1.165) is 0 Å². The molecule has 1 aliphatic rings. The van der Waals surface area contributed by atoms with E-state index in [1.807, 2.05) is 0 Å². The zero-order chi connectivity index (χ0) is 14.0. The molecule has 0 radical (unpaired) electrons. The van der Waals surface area contributed by atoms with E-state index in [-0.39, 0.29) is 6.54 Å². The largest absolute Gasteiger partial charge is 0.493 e. The van der Waals surface area contributed by atoms with Crippen LogP contribution in [-0.4, -0.2) is 43.0 Å². The molecule has 1 saturated heterocycles. The minimum atomic E-state index is -1.33. The minimum Gasteiger partial charge on any atom is -0.493 e. The summed E-state index contributed by atoms with van der Waals surface area (Å²) in [6.07, 6.45) is -2.83. The second-order valence-electron chi connectivity index (χ2n) is 3.88. The van der Waals surface area contributed by atoms with Gasteiger partial charge in [0, 0.05) is 0 Å². The molecule has 1 aliphatic heterocycles. The molecule has 7 nitrogen and oxygen atoms in total. The Bertz CT molecular complexity index is 515. The first-order valence-electron chi connectivity index (χ1n) is 5.49. The number of cyclic esters (lactones) is 1. The third kappa shape index (κ3) is 2.40. The molecule has 0 aromatic heterocycles. The lowest BCUT2D eigenvalue weighted by atomic mass is 10.1. The molecule has 2 rings (SSSR count). The molecule has 1 aromatic rings. The molecule has 19 heavy (non-hydrogen) atoms. The molecule has 2 amide bonds. The van der Waals surface area contributed by atoms with Crippen molar-refractivity contribution in [1.82, 2.24) is 4.90 Å². The topological polar surface area (TPSA) is 85.3 Å². The van der Waals surface area contributed by atoms with Gasteiger partial charge in [0.1, 0.15) is 6.10 Å². The lowest BCUT2D eigenvalue weighted by Crippen LogP contribution is -2.29. The molecule has 1 unspecified atom stereocenters. The van der Waals surface area contributed by atoms with Crippen molar-refractivity contribution >= 4 is 12.2 Å². The van der Waals surface area contributed by atoms with Crippen LogP contribution in [-0.2, 0) is 4.74 Å². The van der Waals surface area contributed by atoms with E-state index in [9.17, 15) is 9.59 Å². The first kappa shape index (κ1) is 13.0. The van der Waals surface area contributed by atoms with Crippen molar-refractivity contribution in [2.45, 2.75) is 6.10 Å². The van der Waals surface area contributed by atoms with Gasteiger partial charge in [0.05, 0.1) is 20.8 Å². The maximum absolute atomic E-state index is 11.3. The standard InChI is InChI=1S/C12H13NO6/c1-17-8-4-3-7(5-9(8)18-2)10-6-13(11(14)15)12(16)19-10/h3-5,10H,6H2,1-2H3,(H,14,15). The molecule has 1 heterocycles. The molecule has 0 saturated carbocycles. The number of amides is 2. The Hall–Kier alpha value is -2.44. The fourth-order valence-corrected chi connectivity index (χ4v) is 1.85. The van der Waals surface area contributed by atoms with E-state index >= 15 is 0 Å². The van der Waals surface area contributed by atoms with Gasteiger partial charge in [-0.3, -0.25) is 0 Å². The highest BCUT2D eigenvalue weighted by Crippen LogP contribution is 2.33. The Morgan fingerprint density at radius 3 is 2.58 bits per heavy atom. The lowest BCUT2D eigenvalue weighted by Gasteiger charge is -2.12. The zero-order valence-corrected chi connectivity index (χ0v) is 10.5. The maximum atomic E-state index is 11.3. The Morgan fingerprint density at radius 1 is 1.37 bits per heavy atom. The van der Waals surface area contributed by atoms with Crippen LogP contribution in [0.1, 0.15) is 11.7 Å². The zero-order valence-electron chi connectivity index (χ0n) is 10.5. The van der Waals surface area contributed by atoms with Gasteiger partial charge in [-0.2, -0.15) is 0 Å². The molecule has 0 spiro atoms. The van der Waals surface area contributed by atoms with Crippen LogP contribution in [0.4, 0.5) is 9.59 Å². The Labute approximate surface area is 109 Å². The van der Waals surface area contributed by atoms with Crippen molar-refractivity contribution in [3.05, 3.63) is 23.8 Å². The highest BCUT2D eigenvalue weighted by molar-refractivity contribution is 5.88. The van der Waals surface area contributed by atoms with Crippen molar-refractivity contribution in [3.63, 3.8) is 0 Å². The average molecular weight is 267 g/mol. The smallest absolute Gasteiger partial charge is 0.420 e. The Morgan fingerprint density at radius 2 is 2.05 bits per heavy atom. The van der Waals surface area contributed by atoms with E-state index in [1.165, 1.54) is 14.2 Å². The molecule has 0 bridgehead atoms. The predicted octanol–water partition coefficient (Wildman–Crippen LogP) is 1.88. The van der Waals surface area contributed by atoms with Gasteiger partial charge >= 0.3 is 12.2 Å². The van der Waals surface area contributed by atoms with Gasteiger partial charge in [0.15, 0.2) is 11.5 Å². The summed E-state index contributed by atoms with van der Waals surface area (Å²) in [5.41, 5.74) is 0.648. The summed E-state index contributed by atoms with van der Waals surface area (Å²) < 4.78 is 15.2. The van der Waals surface area contributed by atoms with E-state index in [4.69, 9.17) is 19.3 Å². The van der Waals surface area contributed by atoms with Crippen molar-refractivity contribution in [1.29, 1.82) is 0 Å². The molecule has 1 N–H and O–H groups in total. The van der Waals surface area contributed by atoms with Gasteiger partial charge in [-0.05, 0) is 17.7 Å². The molecule has 1 aromatic carbocycles. The highest BCUT2D eigenvalue weighted by Gasteiger charge is 2.36. The second kappa shape index (κ2) is 5.05. The highest BCUT2D eigenvalue weighted by atomic mass is 16.6. The SMILES string of the molecule is COc1ccc(C2CN(C(=O)O)C(=O)O2)cc1OC. The average Bonchev–Trinajstić information content (AvgIpc) is 2.80. The molecule has 1 atom stereocenters. The van der Waals surface area contributed by atoms with Crippen LogP contribution >= 0.6 is 0 Å². The number of hydrogen-bond acceptors (Lipinski definition) is 5. The summed E-state index contributed by atoms with van der Waals surface area (Å²) in [5.74, 6) is 1.04. The van der Waals surface area contributed by atoms with Gasteiger partial charge in [-0.1, -0.05) is 6.07 Å². The third-order valence-electron chi connectivity index (χ3n) is 2.82. The van der Waals surface area contributed by atoms with Crippen LogP contribution in [0.3, 0.4) is 0 Å². The summed E-state index contributed by atoms with van der Waals surface area (Å²) in [6.45, 7) is -0.0380. The fraction of sp³-hybridized carbons (Fsp3) is 0.333. The number of benzene rings is 1. The summed E-state index contributed by atoms with van der Waals surface area (Å²) in [4.78, 5) is 22.8. The number of carbonyl (C=O) groups excluding carboxylic acids is 1. The molecule has 7 heteroatoms. The Kier molecular flexibility index (Phi) is 3.46. The number of rotatable bonds is 3. The van der Waals surface area contributed by atoms with Crippen LogP contribution in [0.2, 0.25) is 0 Å². The fourth-order valence-electron chi connectivity index (χ4n) is 1.85. The van der Waals surface area contributed by atoms with E-state index < -0.39 is 18.3 Å². The van der Waals surface area contributed by atoms with Gasteiger partial charge in [-0.25, -0.2) is 14.5 Å². The lowest BCUT2D eigenvalue weighted by molar-refractivity contribution is 0.127. The van der Waals surface area contributed by atoms with Crippen LogP contribution in [0.15, 0.2) is 18.2 Å². The Balaban J connectivity index is 2.24. The first-order chi connectivity index (χ1) is 9.06. The van der Waals surface area contributed by atoms with Crippen molar-refractivity contribution in [3.8, 4) is 11.5 Å². The minimum absolute atomic E-state index is 0.0380. The summed E-state index contributed by atoms with van der Waals surface area (Å²) in [6, 6.07) is 5.03. The van der Waals surface area contributed by atoms with Gasteiger partial charge in [-0.15, -0.1) is 0 Å². The molecule has 0 aliphatic carbocycles. The summed E-state index contributed by atoms with van der Waals surface area (Å²) >= 11 is 0. The molecule has 1 fully saturated rings. The quantitative estimate of drug-likeness (QED) is 0.899.